The van der Waals surface area contributed by atoms with Crippen molar-refractivity contribution in [3.8, 4) is 46.0 Å². The summed E-state index contributed by atoms with van der Waals surface area (Å²) in [6, 6.07) is 26.9. The van der Waals surface area contributed by atoms with Crippen LogP contribution in [0.25, 0.3) is 34.2 Å². The van der Waals surface area contributed by atoms with Crippen molar-refractivity contribution in [2.45, 2.75) is 0 Å². The third kappa shape index (κ3) is 4.40. The summed E-state index contributed by atoms with van der Waals surface area (Å²) in [7, 11) is 0. The molecule has 0 N–H and O–H groups in total. The molecule has 0 unspecified atom stereocenters. The van der Waals surface area contributed by atoms with Gasteiger partial charge in [0.05, 0.1) is 34.2 Å². The van der Waals surface area contributed by atoms with Crippen molar-refractivity contribution in [3.63, 3.8) is 0 Å². The molecule has 0 bridgehead atoms. The molecule has 0 aromatic carbocycles. The van der Waals surface area contributed by atoms with Gasteiger partial charge in [0.2, 0.25) is 0 Å². The molecule has 5 aromatic heterocycles. The summed E-state index contributed by atoms with van der Waals surface area (Å²) in [4.78, 5) is 22.7. The fourth-order valence-corrected chi connectivity index (χ4v) is 3.19. The van der Waals surface area contributed by atoms with Crippen molar-refractivity contribution in [2.75, 3.05) is 0 Å². The molecule has 5 aromatic rings. The molecule has 0 aliphatic heterocycles. The molecule has 0 radical (unpaired) electrons. The Hall–Kier alpha value is -4.69. The molecule has 5 rings (SSSR count). The molecule has 0 fully saturated rings. The van der Waals surface area contributed by atoms with E-state index in [1.54, 1.807) is 18.6 Å². The van der Waals surface area contributed by atoms with Crippen molar-refractivity contribution >= 4 is 0 Å². The Morgan fingerprint density at radius 3 is 1.50 bits per heavy atom. The van der Waals surface area contributed by atoms with E-state index in [4.69, 9.17) is 4.98 Å². The third-order valence-corrected chi connectivity index (χ3v) is 4.69. The minimum atomic E-state index is 0.670. The molecular formula is C27H17N5. The van der Waals surface area contributed by atoms with Gasteiger partial charge >= 0.3 is 0 Å². The first-order chi connectivity index (χ1) is 15.8. The lowest BCUT2D eigenvalue weighted by Crippen LogP contribution is -1.94. The van der Waals surface area contributed by atoms with Crippen LogP contribution in [-0.2, 0) is 0 Å². The molecule has 0 spiro atoms. The highest BCUT2D eigenvalue weighted by atomic mass is 14.8. The molecular weight excluding hydrogens is 394 g/mol. The van der Waals surface area contributed by atoms with Gasteiger partial charge in [-0.2, -0.15) is 0 Å². The first-order valence-corrected chi connectivity index (χ1v) is 10.1. The van der Waals surface area contributed by atoms with Gasteiger partial charge in [0.1, 0.15) is 5.69 Å². The maximum absolute atomic E-state index is 4.77. The van der Waals surface area contributed by atoms with Crippen LogP contribution in [0.5, 0.6) is 0 Å². The first kappa shape index (κ1) is 19.3. The summed E-state index contributed by atoms with van der Waals surface area (Å²) >= 11 is 0. The average Bonchev–Trinajstić information content (AvgIpc) is 2.89. The van der Waals surface area contributed by atoms with E-state index in [9.17, 15) is 0 Å². The summed E-state index contributed by atoms with van der Waals surface area (Å²) in [6.45, 7) is 0. The Balaban J connectivity index is 1.55. The zero-order valence-corrected chi connectivity index (χ0v) is 17.1. The Kier molecular flexibility index (Phi) is 5.41. The van der Waals surface area contributed by atoms with Crippen LogP contribution in [0.3, 0.4) is 0 Å². The molecule has 150 valence electrons. The van der Waals surface area contributed by atoms with Crippen LogP contribution in [0.15, 0.2) is 104 Å². The Bertz CT molecular complexity index is 1350. The van der Waals surface area contributed by atoms with Crippen LogP contribution in [0.1, 0.15) is 11.3 Å². The van der Waals surface area contributed by atoms with Gasteiger partial charge in [-0.15, -0.1) is 0 Å². The van der Waals surface area contributed by atoms with Crippen LogP contribution in [0, 0.1) is 11.8 Å². The molecule has 0 saturated heterocycles. The van der Waals surface area contributed by atoms with E-state index in [-0.39, 0.29) is 0 Å². The molecule has 0 amide bonds. The van der Waals surface area contributed by atoms with Crippen LogP contribution in [-0.4, -0.2) is 24.9 Å². The maximum atomic E-state index is 4.77. The SMILES string of the molecule is C(#Cc1cccc(-c2ccccn2)n1)c1cc(-c2ccccn2)nc(-c2ccccn2)c1. The normalized spacial score (nSPS) is 10.2. The Morgan fingerprint density at radius 2 is 0.969 bits per heavy atom. The van der Waals surface area contributed by atoms with Gasteiger partial charge < -0.3 is 0 Å². The second-order valence-electron chi connectivity index (χ2n) is 6.93. The van der Waals surface area contributed by atoms with Crippen LogP contribution in [0.4, 0.5) is 0 Å². The van der Waals surface area contributed by atoms with Gasteiger partial charge in [-0.25, -0.2) is 9.97 Å². The van der Waals surface area contributed by atoms with E-state index in [1.807, 2.05) is 84.9 Å². The van der Waals surface area contributed by atoms with Crippen molar-refractivity contribution < 1.29 is 0 Å². The highest BCUT2D eigenvalue weighted by Crippen LogP contribution is 2.22. The minimum absolute atomic E-state index is 0.670. The molecule has 0 atom stereocenters. The summed E-state index contributed by atoms with van der Waals surface area (Å²) in [6.07, 6.45) is 5.26. The molecule has 5 nitrogen and oxygen atoms in total. The van der Waals surface area contributed by atoms with Crippen LogP contribution >= 0.6 is 0 Å². The zero-order chi connectivity index (χ0) is 21.6. The lowest BCUT2D eigenvalue weighted by Gasteiger charge is -2.06. The first-order valence-electron chi connectivity index (χ1n) is 10.1. The summed E-state index contributed by atoms with van der Waals surface area (Å²) in [5.74, 6) is 6.40. The van der Waals surface area contributed by atoms with Gasteiger partial charge in [-0.3, -0.25) is 15.0 Å². The topological polar surface area (TPSA) is 64.5 Å². The Labute approximate surface area is 185 Å². The second kappa shape index (κ2) is 8.99. The van der Waals surface area contributed by atoms with Gasteiger partial charge in [0, 0.05) is 24.2 Å². The number of aromatic nitrogens is 5. The van der Waals surface area contributed by atoms with Crippen molar-refractivity contribution in [1.82, 2.24) is 24.9 Å². The fourth-order valence-electron chi connectivity index (χ4n) is 3.19. The minimum Gasteiger partial charge on any atom is -0.255 e. The van der Waals surface area contributed by atoms with Gasteiger partial charge in [0.25, 0.3) is 0 Å². The number of hydrogen-bond donors (Lipinski definition) is 0. The zero-order valence-electron chi connectivity index (χ0n) is 17.1. The number of hydrogen-bond acceptors (Lipinski definition) is 5. The van der Waals surface area contributed by atoms with E-state index < -0.39 is 0 Å². The predicted molar refractivity (Wildman–Crippen MR) is 124 cm³/mol. The average molecular weight is 411 g/mol. The molecule has 0 aliphatic carbocycles. The van der Waals surface area contributed by atoms with Gasteiger partial charge in [0.15, 0.2) is 0 Å². The second-order valence-corrected chi connectivity index (χ2v) is 6.93. The molecule has 32 heavy (non-hydrogen) atoms. The lowest BCUT2D eigenvalue weighted by molar-refractivity contribution is 1.21. The number of nitrogens with zero attached hydrogens (tertiary/aromatic N) is 5. The standard InChI is InChI=1S/C27H17N5/c1-4-15-28-22(9-1)25-12-7-8-21(31-25)14-13-20-18-26(23-10-2-5-16-29-23)32-27(19-20)24-11-3-6-17-30-24/h1-12,15-19H. The summed E-state index contributed by atoms with van der Waals surface area (Å²) in [5.41, 5.74) is 6.13. The van der Waals surface area contributed by atoms with E-state index in [0.717, 1.165) is 39.7 Å². The maximum Gasteiger partial charge on any atom is 0.114 e. The molecule has 0 aliphatic rings. The van der Waals surface area contributed by atoms with E-state index in [0.29, 0.717) is 5.69 Å². The van der Waals surface area contributed by atoms with Gasteiger partial charge in [-0.1, -0.05) is 30.2 Å². The monoisotopic (exact) mass is 411 g/mol. The lowest BCUT2D eigenvalue weighted by atomic mass is 10.1. The highest BCUT2D eigenvalue weighted by molar-refractivity contribution is 5.65. The fraction of sp³-hybridized carbons (Fsp3) is 0. The Morgan fingerprint density at radius 1 is 0.438 bits per heavy atom. The van der Waals surface area contributed by atoms with Crippen molar-refractivity contribution in [3.05, 3.63) is 115 Å². The summed E-state index contributed by atoms with van der Waals surface area (Å²) in [5, 5.41) is 0. The van der Waals surface area contributed by atoms with E-state index in [1.165, 1.54) is 0 Å². The summed E-state index contributed by atoms with van der Waals surface area (Å²) < 4.78 is 0. The molecule has 5 heterocycles. The van der Waals surface area contributed by atoms with E-state index in [2.05, 4.69) is 31.8 Å². The predicted octanol–water partition coefficient (Wildman–Crippen LogP) is 5.06. The largest absolute Gasteiger partial charge is 0.255 e. The third-order valence-electron chi connectivity index (χ3n) is 4.69. The molecule has 0 saturated carbocycles. The van der Waals surface area contributed by atoms with Crippen molar-refractivity contribution in [2.24, 2.45) is 0 Å². The van der Waals surface area contributed by atoms with Crippen LogP contribution in [0.2, 0.25) is 0 Å². The smallest absolute Gasteiger partial charge is 0.114 e. The molecule has 5 heteroatoms. The quantitative estimate of drug-likeness (QED) is 0.388. The van der Waals surface area contributed by atoms with Crippen LogP contribution < -0.4 is 0 Å². The number of rotatable bonds is 3. The van der Waals surface area contributed by atoms with Gasteiger partial charge in [-0.05, 0) is 66.6 Å². The highest BCUT2D eigenvalue weighted by Gasteiger charge is 2.08. The van der Waals surface area contributed by atoms with Crippen molar-refractivity contribution in [1.29, 1.82) is 0 Å². The number of pyridine rings is 5. The van der Waals surface area contributed by atoms with E-state index >= 15 is 0 Å².